The molecule has 104 valence electrons. The summed E-state index contributed by atoms with van der Waals surface area (Å²) in [6, 6.07) is 3.05. The SMILES string of the molecule is Cc1ccc(NC(=O)C2CC(O)C2)c(OC(F)F)n1. The van der Waals surface area contributed by atoms with Crippen molar-refractivity contribution in [2.45, 2.75) is 32.5 Å². The highest BCUT2D eigenvalue weighted by molar-refractivity contribution is 5.94. The number of ether oxygens (including phenoxy) is 1. The summed E-state index contributed by atoms with van der Waals surface area (Å²) >= 11 is 0. The molecule has 0 aliphatic heterocycles. The van der Waals surface area contributed by atoms with E-state index in [9.17, 15) is 13.6 Å². The normalized spacial score (nSPS) is 21.9. The second-order valence-corrected chi connectivity index (χ2v) is 4.50. The summed E-state index contributed by atoms with van der Waals surface area (Å²) in [5.74, 6) is -0.922. The van der Waals surface area contributed by atoms with Gasteiger partial charge in [-0.05, 0) is 31.9 Å². The molecule has 1 amide bonds. The molecule has 2 rings (SSSR count). The number of aliphatic hydroxyl groups excluding tert-OH is 1. The summed E-state index contributed by atoms with van der Waals surface area (Å²) in [6.45, 7) is -1.37. The van der Waals surface area contributed by atoms with E-state index < -0.39 is 12.7 Å². The summed E-state index contributed by atoms with van der Waals surface area (Å²) in [6.07, 6.45) is 0.315. The molecule has 0 radical (unpaired) electrons. The molecule has 0 spiro atoms. The monoisotopic (exact) mass is 272 g/mol. The van der Waals surface area contributed by atoms with Crippen LogP contribution in [0.25, 0.3) is 0 Å². The molecule has 19 heavy (non-hydrogen) atoms. The molecule has 0 unspecified atom stereocenters. The molecule has 5 nitrogen and oxygen atoms in total. The zero-order valence-corrected chi connectivity index (χ0v) is 10.3. The predicted molar refractivity (Wildman–Crippen MR) is 63.0 cm³/mol. The van der Waals surface area contributed by atoms with Gasteiger partial charge in [0.15, 0.2) is 0 Å². The number of hydrogen-bond acceptors (Lipinski definition) is 4. The van der Waals surface area contributed by atoms with Gasteiger partial charge in [-0.15, -0.1) is 0 Å². The van der Waals surface area contributed by atoms with Crippen LogP contribution in [0.1, 0.15) is 18.5 Å². The van der Waals surface area contributed by atoms with E-state index in [4.69, 9.17) is 5.11 Å². The van der Waals surface area contributed by atoms with Gasteiger partial charge in [-0.1, -0.05) is 0 Å². The van der Waals surface area contributed by atoms with Gasteiger partial charge in [0.1, 0.15) is 5.69 Å². The number of hydrogen-bond donors (Lipinski definition) is 2. The molecule has 1 aromatic rings. The van der Waals surface area contributed by atoms with Gasteiger partial charge in [-0.2, -0.15) is 8.78 Å². The minimum Gasteiger partial charge on any atom is -0.415 e. The Hall–Kier alpha value is -1.76. The average Bonchev–Trinajstić information content (AvgIpc) is 2.27. The fourth-order valence-electron chi connectivity index (χ4n) is 1.84. The zero-order chi connectivity index (χ0) is 14.0. The molecule has 2 N–H and O–H groups in total. The van der Waals surface area contributed by atoms with Gasteiger partial charge in [0, 0.05) is 11.6 Å². The first-order valence-corrected chi connectivity index (χ1v) is 5.87. The third-order valence-corrected chi connectivity index (χ3v) is 2.94. The number of amides is 1. The van der Waals surface area contributed by atoms with Crippen molar-refractivity contribution in [1.82, 2.24) is 4.98 Å². The Morgan fingerprint density at radius 1 is 1.53 bits per heavy atom. The molecule has 1 aliphatic rings. The Labute approximate surface area is 108 Å². The molecule has 0 aromatic carbocycles. The lowest BCUT2D eigenvalue weighted by Gasteiger charge is -2.30. The summed E-state index contributed by atoms with van der Waals surface area (Å²) in [7, 11) is 0. The molecule has 1 heterocycles. The van der Waals surface area contributed by atoms with Crippen molar-refractivity contribution in [2.75, 3.05) is 5.32 Å². The van der Waals surface area contributed by atoms with E-state index in [1.54, 1.807) is 13.0 Å². The topological polar surface area (TPSA) is 71.5 Å². The fraction of sp³-hybridized carbons (Fsp3) is 0.500. The van der Waals surface area contributed by atoms with Crippen LogP contribution in [0.5, 0.6) is 5.88 Å². The van der Waals surface area contributed by atoms with Gasteiger partial charge in [0.2, 0.25) is 11.8 Å². The highest BCUT2D eigenvalue weighted by atomic mass is 19.3. The Morgan fingerprint density at radius 3 is 2.79 bits per heavy atom. The highest BCUT2D eigenvalue weighted by Gasteiger charge is 2.33. The van der Waals surface area contributed by atoms with Gasteiger partial charge < -0.3 is 15.2 Å². The van der Waals surface area contributed by atoms with Crippen molar-refractivity contribution in [1.29, 1.82) is 0 Å². The van der Waals surface area contributed by atoms with Gasteiger partial charge in [0.05, 0.1) is 6.10 Å². The van der Waals surface area contributed by atoms with Crippen LogP contribution in [0.4, 0.5) is 14.5 Å². The lowest BCUT2D eigenvalue weighted by Crippen LogP contribution is -2.37. The minimum absolute atomic E-state index is 0.109. The maximum atomic E-state index is 12.2. The van der Waals surface area contributed by atoms with Crippen molar-refractivity contribution >= 4 is 11.6 Å². The number of nitrogens with zero attached hydrogens (tertiary/aromatic N) is 1. The van der Waals surface area contributed by atoms with Crippen LogP contribution in [-0.4, -0.2) is 28.7 Å². The smallest absolute Gasteiger partial charge is 0.388 e. The minimum atomic E-state index is -3.00. The fourth-order valence-corrected chi connectivity index (χ4v) is 1.84. The van der Waals surface area contributed by atoms with Crippen LogP contribution in [0.3, 0.4) is 0 Å². The first-order chi connectivity index (χ1) is 8.95. The largest absolute Gasteiger partial charge is 0.415 e. The molecular formula is C12H14F2N2O3. The Morgan fingerprint density at radius 2 is 2.21 bits per heavy atom. The van der Waals surface area contributed by atoms with Crippen LogP contribution in [-0.2, 0) is 4.79 Å². The van der Waals surface area contributed by atoms with Crippen LogP contribution >= 0.6 is 0 Å². The molecule has 0 bridgehead atoms. The first kappa shape index (κ1) is 13.7. The van der Waals surface area contributed by atoms with Crippen molar-refractivity contribution in [3.63, 3.8) is 0 Å². The van der Waals surface area contributed by atoms with Crippen LogP contribution in [0.2, 0.25) is 0 Å². The number of aliphatic hydroxyl groups is 1. The Bertz CT molecular complexity index is 476. The maximum absolute atomic E-state index is 12.2. The van der Waals surface area contributed by atoms with E-state index in [0.717, 1.165) is 0 Å². The maximum Gasteiger partial charge on any atom is 0.388 e. The first-order valence-electron chi connectivity index (χ1n) is 5.87. The quantitative estimate of drug-likeness (QED) is 0.875. The molecule has 7 heteroatoms. The van der Waals surface area contributed by atoms with E-state index in [-0.39, 0.29) is 23.4 Å². The average molecular weight is 272 g/mol. The summed E-state index contributed by atoms with van der Waals surface area (Å²) in [5, 5.41) is 11.6. The molecule has 1 aromatic heterocycles. The lowest BCUT2D eigenvalue weighted by molar-refractivity contribution is -0.126. The van der Waals surface area contributed by atoms with Crippen LogP contribution in [0.15, 0.2) is 12.1 Å². The van der Waals surface area contributed by atoms with Gasteiger partial charge in [-0.3, -0.25) is 4.79 Å². The number of rotatable bonds is 4. The van der Waals surface area contributed by atoms with Gasteiger partial charge in [-0.25, -0.2) is 4.98 Å². The third kappa shape index (κ3) is 3.37. The lowest BCUT2D eigenvalue weighted by atomic mass is 9.82. The van der Waals surface area contributed by atoms with E-state index in [1.807, 2.05) is 0 Å². The molecule has 1 saturated carbocycles. The number of pyridine rings is 1. The summed E-state index contributed by atoms with van der Waals surface area (Å²) in [5.41, 5.74) is 0.616. The van der Waals surface area contributed by atoms with Gasteiger partial charge >= 0.3 is 6.61 Å². The number of carbonyl (C=O) groups excluding carboxylic acids is 1. The van der Waals surface area contributed by atoms with Crippen LogP contribution in [0, 0.1) is 12.8 Å². The number of alkyl halides is 2. The molecule has 1 fully saturated rings. The molecule has 1 aliphatic carbocycles. The van der Waals surface area contributed by atoms with E-state index >= 15 is 0 Å². The third-order valence-electron chi connectivity index (χ3n) is 2.94. The number of aromatic nitrogens is 1. The number of halogens is 2. The number of carbonyl (C=O) groups is 1. The Kier molecular flexibility index (Phi) is 3.94. The number of nitrogens with one attached hydrogen (secondary N) is 1. The second kappa shape index (κ2) is 5.48. The highest BCUT2D eigenvalue weighted by Crippen LogP contribution is 2.30. The zero-order valence-electron chi connectivity index (χ0n) is 10.3. The second-order valence-electron chi connectivity index (χ2n) is 4.50. The van der Waals surface area contributed by atoms with E-state index in [0.29, 0.717) is 18.5 Å². The van der Waals surface area contributed by atoms with Gasteiger partial charge in [0.25, 0.3) is 0 Å². The standard InChI is InChI=1S/C12H14F2N2O3/c1-6-2-3-9(11(15-6)19-12(13)14)16-10(18)7-4-8(17)5-7/h2-3,7-8,12,17H,4-5H2,1H3,(H,16,18). The van der Waals surface area contributed by atoms with Crippen molar-refractivity contribution in [3.8, 4) is 5.88 Å². The number of anilines is 1. The summed E-state index contributed by atoms with van der Waals surface area (Å²) < 4.78 is 28.8. The molecular weight excluding hydrogens is 258 g/mol. The van der Waals surface area contributed by atoms with Crippen molar-refractivity contribution in [2.24, 2.45) is 5.92 Å². The molecule has 0 saturated heterocycles. The van der Waals surface area contributed by atoms with E-state index in [1.165, 1.54) is 6.07 Å². The van der Waals surface area contributed by atoms with E-state index in [2.05, 4.69) is 15.0 Å². The van der Waals surface area contributed by atoms with Crippen LogP contribution < -0.4 is 10.1 Å². The van der Waals surface area contributed by atoms with Crippen molar-refractivity contribution < 1.29 is 23.4 Å². The number of aryl methyl sites for hydroxylation is 1. The summed E-state index contributed by atoms with van der Waals surface area (Å²) in [4.78, 5) is 15.6. The predicted octanol–water partition coefficient (Wildman–Crippen LogP) is 1.70. The Balaban J connectivity index is 2.08. The van der Waals surface area contributed by atoms with Crippen molar-refractivity contribution in [3.05, 3.63) is 17.8 Å². The molecule has 0 atom stereocenters.